The van der Waals surface area contributed by atoms with Gasteiger partial charge in [-0.2, -0.15) is 0 Å². The van der Waals surface area contributed by atoms with E-state index in [0.29, 0.717) is 21.5 Å². The zero-order chi connectivity index (χ0) is 14.9. The summed E-state index contributed by atoms with van der Waals surface area (Å²) in [5, 5.41) is 0. The molecule has 0 spiro atoms. The Morgan fingerprint density at radius 3 is 2.30 bits per heavy atom. The van der Waals surface area contributed by atoms with Crippen LogP contribution in [0.2, 0.25) is 0 Å². The van der Waals surface area contributed by atoms with Gasteiger partial charge in [0.05, 0.1) is 9.37 Å². The minimum absolute atomic E-state index is 0.0218. The van der Waals surface area contributed by atoms with Crippen molar-refractivity contribution in [2.24, 2.45) is 0 Å². The van der Waals surface area contributed by atoms with E-state index in [1.807, 2.05) is 0 Å². The molecule has 3 nitrogen and oxygen atoms in total. The lowest BCUT2D eigenvalue weighted by Crippen LogP contribution is -1.95. The maximum absolute atomic E-state index is 13.4. The second-order valence-electron chi connectivity index (χ2n) is 4.04. The zero-order valence-corrected chi connectivity index (χ0v) is 13.4. The molecule has 2 rings (SSSR count). The molecule has 0 N–H and O–H groups in total. The van der Waals surface area contributed by atoms with Crippen LogP contribution in [0.1, 0.15) is 5.56 Å². The van der Waals surface area contributed by atoms with Gasteiger partial charge in [-0.05, 0) is 58.7 Å². The fourth-order valence-electron chi connectivity index (χ4n) is 1.64. The fraction of sp³-hybridized carbons (Fsp3) is 0.0769. The molecule has 0 fully saturated rings. The van der Waals surface area contributed by atoms with Crippen molar-refractivity contribution in [1.82, 2.24) is 0 Å². The summed E-state index contributed by atoms with van der Waals surface area (Å²) < 4.78 is 41.7. The summed E-state index contributed by atoms with van der Waals surface area (Å²) in [5.41, 5.74) is 0.454. The van der Waals surface area contributed by atoms with E-state index in [2.05, 4.69) is 15.9 Å². The van der Waals surface area contributed by atoms with Gasteiger partial charge in [-0.1, -0.05) is 0 Å². The van der Waals surface area contributed by atoms with Gasteiger partial charge < -0.3 is 4.74 Å². The predicted octanol–water partition coefficient (Wildman–Crippen LogP) is 4.62. The van der Waals surface area contributed by atoms with Gasteiger partial charge in [-0.3, -0.25) is 0 Å². The van der Waals surface area contributed by atoms with Gasteiger partial charge in [0, 0.05) is 16.7 Å². The molecule has 0 aromatic heterocycles. The van der Waals surface area contributed by atoms with Crippen LogP contribution in [-0.2, 0) is 9.05 Å². The monoisotopic (exact) mass is 378 g/mol. The van der Waals surface area contributed by atoms with Gasteiger partial charge in [0.25, 0.3) is 9.05 Å². The molecule has 2 aromatic carbocycles. The summed E-state index contributed by atoms with van der Waals surface area (Å²) in [6.07, 6.45) is 0. The minimum atomic E-state index is -3.78. The Morgan fingerprint density at radius 2 is 1.75 bits per heavy atom. The number of aryl methyl sites for hydroxylation is 1. The molecule has 7 heteroatoms. The van der Waals surface area contributed by atoms with Crippen molar-refractivity contribution in [3.05, 3.63) is 52.3 Å². The Labute approximate surface area is 128 Å². The molecule has 0 aliphatic rings. The lowest BCUT2D eigenvalue weighted by atomic mass is 10.2. The second-order valence-corrected chi connectivity index (χ2v) is 7.43. The van der Waals surface area contributed by atoms with Gasteiger partial charge >= 0.3 is 0 Å². The molecule has 0 unspecified atom stereocenters. The van der Waals surface area contributed by atoms with Crippen LogP contribution in [0.15, 0.2) is 45.8 Å². The van der Waals surface area contributed by atoms with E-state index in [4.69, 9.17) is 15.4 Å². The highest BCUT2D eigenvalue weighted by molar-refractivity contribution is 9.10. The summed E-state index contributed by atoms with van der Waals surface area (Å²) in [4.78, 5) is 0.0218. The molecular formula is C13H9BrClFO3S. The maximum atomic E-state index is 13.4. The fourth-order valence-corrected chi connectivity index (χ4v) is 3.08. The van der Waals surface area contributed by atoms with Gasteiger partial charge in [0.2, 0.25) is 0 Å². The van der Waals surface area contributed by atoms with Crippen molar-refractivity contribution in [3.63, 3.8) is 0 Å². The van der Waals surface area contributed by atoms with Gasteiger partial charge in [0.15, 0.2) is 0 Å². The van der Waals surface area contributed by atoms with Crippen molar-refractivity contribution in [2.75, 3.05) is 0 Å². The largest absolute Gasteiger partial charge is 0.457 e. The molecule has 0 radical (unpaired) electrons. The number of benzene rings is 2. The number of hydrogen-bond donors (Lipinski definition) is 0. The SMILES string of the molecule is Cc1cc(Oc2ccc(Br)c(F)c2)ccc1S(=O)(=O)Cl. The van der Waals surface area contributed by atoms with E-state index in [1.165, 1.54) is 30.3 Å². The van der Waals surface area contributed by atoms with E-state index < -0.39 is 14.9 Å². The highest BCUT2D eigenvalue weighted by Gasteiger charge is 2.14. The zero-order valence-electron chi connectivity index (χ0n) is 10.2. The Kier molecular flexibility index (Phi) is 4.36. The van der Waals surface area contributed by atoms with Crippen molar-refractivity contribution in [3.8, 4) is 11.5 Å². The quantitative estimate of drug-likeness (QED) is 0.731. The molecule has 0 heterocycles. The van der Waals surface area contributed by atoms with Crippen LogP contribution in [0.4, 0.5) is 4.39 Å². The molecule has 0 aliphatic carbocycles. The molecule has 2 aromatic rings. The van der Waals surface area contributed by atoms with E-state index in [-0.39, 0.29) is 4.90 Å². The second kappa shape index (κ2) is 5.71. The normalized spacial score (nSPS) is 11.4. The average molecular weight is 380 g/mol. The summed E-state index contributed by atoms with van der Waals surface area (Å²) >= 11 is 3.05. The summed E-state index contributed by atoms with van der Waals surface area (Å²) in [6.45, 7) is 1.60. The number of hydrogen-bond acceptors (Lipinski definition) is 3. The summed E-state index contributed by atoms with van der Waals surface area (Å²) in [7, 11) is 1.51. The van der Waals surface area contributed by atoms with Gasteiger partial charge in [0.1, 0.15) is 17.3 Å². The average Bonchev–Trinajstić information content (AvgIpc) is 2.32. The Morgan fingerprint density at radius 1 is 1.15 bits per heavy atom. The van der Waals surface area contributed by atoms with E-state index in [9.17, 15) is 12.8 Å². The Balaban J connectivity index is 2.31. The highest BCUT2D eigenvalue weighted by atomic mass is 79.9. The first-order valence-electron chi connectivity index (χ1n) is 5.45. The molecule has 0 aliphatic heterocycles. The third kappa shape index (κ3) is 3.50. The first-order chi connectivity index (χ1) is 9.27. The first kappa shape index (κ1) is 15.3. The van der Waals surface area contributed by atoms with Gasteiger partial charge in [-0.15, -0.1) is 0 Å². The summed E-state index contributed by atoms with van der Waals surface area (Å²) in [6, 6.07) is 8.68. The van der Waals surface area contributed by atoms with Gasteiger partial charge in [-0.25, -0.2) is 12.8 Å². The van der Waals surface area contributed by atoms with Crippen molar-refractivity contribution in [2.45, 2.75) is 11.8 Å². The highest BCUT2D eigenvalue weighted by Crippen LogP contribution is 2.29. The van der Waals surface area contributed by atoms with E-state index in [0.717, 1.165) is 0 Å². The van der Waals surface area contributed by atoms with Crippen molar-refractivity contribution in [1.29, 1.82) is 0 Å². The minimum Gasteiger partial charge on any atom is -0.457 e. The third-order valence-electron chi connectivity index (χ3n) is 2.54. The first-order valence-corrected chi connectivity index (χ1v) is 8.56. The van der Waals surface area contributed by atoms with Crippen LogP contribution in [0.3, 0.4) is 0 Å². The molecule has 0 saturated carbocycles. The third-order valence-corrected chi connectivity index (χ3v) is 4.66. The predicted molar refractivity (Wildman–Crippen MR) is 78.4 cm³/mol. The van der Waals surface area contributed by atoms with Crippen molar-refractivity contribution >= 4 is 35.7 Å². The molecular weight excluding hydrogens is 371 g/mol. The Bertz CT molecular complexity index is 762. The maximum Gasteiger partial charge on any atom is 0.261 e. The van der Waals surface area contributed by atoms with Crippen LogP contribution < -0.4 is 4.74 Å². The molecule has 0 saturated heterocycles. The number of halogens is 3. The van der Waals surface area contributed by atoms with Crippen LogP contribution in [0.5, 0.6) is 11.5 Å². The van der Waals surface area contributed by atoms with Crippen LogP contribution in [0.25, 0.3) is 0 Å². The lowest BCUT2D eigenvalue weighted by Gasteiger charge is -2.08. The molecule has 0 atom stereocenters. The smallest absolute Gasteiger partial charge is 0.261 e. The van der Waals surface area contributed by atoms with Crippen LogP contribution >= 0.6 is 26.6 Å². The molecule has 0 bridgehead atoms. The number of ether oxygens (including phenoxy) is 1. The summed E-state index contributed by atoms with van der Waals surface area (Å²) in [5.74, 6) is 0.263. The van der Waals surface area contributed by atoms with Crippen LogP contribution in [0, 0.1) is 12.7 Å². The molecule has 0 amide bonds. The Hall–Kier alpha value is -1.11. The number of rotatable bonds is 3. The molecule has 106 valence electrons. The van der Waals surface area contributed by atoms with Crippen LogP contribution in [-0.4, -0.2) is 8.42 Å². The van der Waals surface area contributed by atoms with Crippen molar-refractivity contribution < 1.29 is 17.5 Å². The van der Waals surface area contributed by atoms with E-state index >= 15 is 0 Å². The van der Waals surface area contributed by atoms with E-state index in [1.54, 1.807) is 13.0 Å². The molecule has 20 heavy (non-hydrogen) atoms. The lowest BCUT2D eigenvalue weighted by molar-refractivity contribution is 0.475. The topological polar surface area (TPSA) is 43.4 Å². The standard InChI is InChI=1S/C13H9BrClFO3S/c1-8-6-9(3-5-13(8)20(15,17)18)19-10-2-4-11(14)12(16)7-10/h2-7H,1H3.